The van der Waals surface area contributed by atoms with Crippen LogP contribution in [0.25, 0.3) is 22.3 Å². The number of halogens is 1. The number of fused-ring (bicyclic) bond motifs is 1. The summed E-state index contributed by atoms with van der Waals surface area (Å²) in [4.78, 5) is 21.7. The highest BCUT2D eigenvalue weighted by molar-refractivity contribution is 9.10. The number of rotatable bonds is 8. The molecule has 0 bridgehead atoms. The highest BCUT2D eigenvalue weighted by Crippen LogP contribution is 2.35. The predicted octanol–water partition coefficient (Wildman–Crippen LogP) is 5.79. The van der Waals surface area contributed by atoms with Crippen LogP contribution in [0.2, 0.25) is 0 Å². The minimum absolute atomic E-state index is 0.206. The van der Waals surface area contributed by atoms with Gasteiger partial charge in [-0.2, -0.15) is 5.10 Å². The zero-order valence-corrected chi connectivity index (χ0v) is 19.6. The molecule has 0 spiro atoms. The van der Waals surface area contributed by atoms with E-state index in [0.717, 1.165) is 46.4 Å². The van der Waals surface area contributed by atoms with Gasteiger partial charge >= 0.3 is 0 Å². The predicted molar refractivity (Wildman–Crippen MR) is 131 cm³/mol. The maximum absolute atomic E-state index is 12.8. The summed E-state index contributed by atoms with van der Waals surface area (Å²) in [6.45, 7) is 0.732. The summed E-state index contributed by atoms with van der Waals surface area (Å²) >= 11 is 3.63. The summed E-state index contributed by atoms with van der Waals surface area (Å²) in [6, 6.07) is 12.3. The Bertz CT molecular complexity index is 1280. The Labute approximate surface area is 200 Å². The summed E-state index contributed by atoms with van der Waals surface area (Å²) in [5.74, 6) is 1.33. The molecular formula is C25H24BrN5O2. The van der Waals surface area contributed by atoms with Gasteiger partial charge in [0.2, 0.25) is 0 Å². The van der Waals surface area contributed by atoms with Crippen LogP contribution in [0.4, 0.5) is 5.82 Å². The van der Waals surface area contributed by atoms with Gasteiger partial charge in [0.25, 0.3) is 5.91 Å². The Morgan fingerprint density at radius 2 is 2.00 bits per heavy atom. The van der Waals surface area contributed by atoms with Crippen molar-refractivity contribution in [2.45, 2.75) is 38.6 Å². The maximum atomic E-state index is 12.8. The number of phenolic OH excluding ortho intramolecular Hbond substituents is 1. The quantitative estimate of drug-likeness (QED) is 0.295. The smallest absolute Gasteiger partial charge is 0.258 e. The van der Waals surface area contributed by atoms with Gasteiger partial charge in [-0.3, -0.25) is 9.78 Å². The number of hydrogen-bond acceptors (Lipinski definition) is 5. The van der Waals surface area contributed by atoms with Crippen LogP contribution in [0.3, 0.4) is 0 Å². The molecule has 1 aliphatic rings. The number of aryl methyl sites for hydroxylation is 1. The van der Waals surface area contributed by atoms with E-state index in [0.29, 0.717) is 17.0 Å². The zero-order valence-electron chi connectivity index (χ0n) is 18.0. The molecule has 2 N–H and O–H groups in total. The van der Waals surface area contributed by atoms with Crippen molar-refractivity contribution >= 4 is 38.7 Å². The summed E-state index contributed by atoms with van der Waals surface area (Å²) in [6.07, 6.45) is 9.32. The monoisotopic (exact) mass is 505 g/mol. The van der Waals surface area contributed by atoms with E-state index >= 15 is 0 Å². The third-order valence-electron chi connectivity index (χ3n) is 5.90. The van der Waals surface area contributed by atoms with Crippen LogP contribution in [-0.2, 0) is 6.54 Å². The van der Waals surface area contributed by atoms with Crippen molar-refractivity contribution in [2.24, 2.45) is 5.92 Å². The first-order valence-electron chi connectivity index (χ1n) is 11.2. The SMILES string of the molecule is O=C(Nc1nn(CCCCC2CC2)c2nc(-c3ccc(O)cc3)c(Br)cc12)c1cccnc1. The molecule has 1 amide bonds. The first kappa shape index (κ1) is 21.6. The number of pyridine rings is 2. The number of aromatic nitrogens is 4. The first-order valence-corrected chi connectivity index (χ1v) is 12.0. The van der Waals surface area contributed by atoms with Crippen molar-refractivity contribution in [1.29, 1.82) is 0 Å². The van der Waals surface area contributed by atoms with Gasteiger partial charge in [-0.1, -0.05) is 25.7 Å². The summed E-state index contributed by atoms with van der Waals surface area (Å²) in [5, 5.41) is 18.1. The van der Waals surface area contributed by atoms with Crippen LogP contribution in [-0.4, -0.2) is 30.8 Å². The van der Waals surface area contributed by atoms with E-state index in [-0.39, 0.29) is 11.7 Å². The molecule has 0 unspecified atom stereocenters. The summed E-state index contributed by atoms with van der Waals surface area (Å²) in [5.41, 5.74) is 2.82. The highest BCUT2D eigenvalue weighted by Gasteiger charge is 2.21. The fraction of sp³-hybridized carbons (Fsp3) is 0.280. The van der Waals surface area contributed by atoms with Crippen molar-refractivity contribution in [3.8, 4) is 17.0 Å². The second-order valence-corrected chi connectivity index (χ2v) is 9.30. The number of unbranched alkanes of at least 4 members (excludes halogenated alkanes) is 1. The number of nitrogens with one attached hydrogen (secondary N) is 1. The van der Waals surface area contributed by atoms with Gasteiger partial charge in [-0.15, -0.1) is 0 Å². The molecule has 33 heavy (non-hydrogen) atoms. The third kappa shape index (κ3) is 4.90. The van der Waals surface area contributed by atoms with Crippen LogP contribution in [0.5, 0.6) is 5.75 Å². The molecule has 1 fully saturated rings. The highest BCUT2D eigenvalue weighted by atomic mass is 79.9. The minimum atomic E-state index is -0.262. The van der Waals surface area contributed by atoms with Gasteiger partial charge < -0.3 is 10.4 Å². The van der Waals surface area contributed by atoms with E-state index < -0.39 is 0 Å². The third-order valence-corrected chi connectivity index (χ3v) is 6.51. The molecule has 0 aliphatic heterocycles. The van der Waals surface area contributed by atoms with Gasteiger partial charge in [0.05, 0.1) is 16.6 Å². The molecular weight excluding hydrogens is 482 g/mol. The fourth-order valence-corrected chi connectivity index (χ4v) is 4.47. The summed E-state index contributed by atoms with van der Waals surface area (Å²) < 4.78 is 2.67. The average Bonchev–Trinajstić information content (AvgIpc) is 3.60. The molecule has 1 aromatic carbocycles. The maximum Gasteiger partial charge on any atom is 0.258 e. The van der Waals surface area contributed by atoms with E-state index in [9.17, 15) is 9.90 Å². The number of amides is 1. The number of hydrogen-bond donors (Lipinski definition) is 2. The van der Waals surface area contributed by atoms with Crippen molar-refractivity contribution in [2.75, 3.05) is 5.32 Å². The molecule has 168 valence electrons. The molecule has 0 atom stereocenters. The zero-order chi connectivity index (χ0) is 22.8. The number of carbonyl (C=O) groups excluding carboxylic acids is 1. The Kier molecular flexibility index (Phi) is 6.09. The number of benzene rings is 1. The Hall–Kier alpha value is -3.26. The van der Waals surface area contributed by atoms with E-state index in [4.69, 9.17) is 10.1 Å². The van der Waals surface area contributed by atoms with Gasteiger partial charge in [-0.05, 0) is 70.7 Å². The molecule has 3 aromatic heterocycles. The lowest BCUT2D eigenvalue weighted by molar-refractivity contribution is 0.102. The van der Waals surface area contributed by atoms with E-state index in [2.05, 4.69) is 26.2 Å². The molecule has 4 aromatic rings. The lowest BCUT2D eigenvalue weighted by Gasteiger charge is -2.07. The Balaban J connectivity index is 1.49. The van der Waals surface area contributed by atoms with Crippen molar-refractivity contribution in [1.82, 2.24) is 19.7 Å². The number of nitrogens with zero attached hydrogens (tertiary/aromatic N) is 4. The number of aromatic hydroxyl groups is 1. The number of phenols is 1. The Morgan fingerprint density at radius 1 is 1.18 bits per heavy atom. The second kappa shape index (κ2) is 9.31. The van der Waals surface area contributed by atoms with Crippen LogP contribution < -0.4 is 5.32 Å². The molecule has 3 heterocycles. The Morgan fingerprint density at radius 3 is 2.73 bits per heavy atom. The van der Waals surface area contributed by atoms with E-state index in [1.807, 2.05) is 22.9 Å². The molecule has 8 heteroatoms. The average molecular weight is 506 g/mol. The van der Waals surface area contributed by atoms with Gasteiger partial charge in [0.1, 0.15) is 5.75 Å². The van der Waals surface area contributed by atoms with Gasteiger partial charge in [0, 0.05) is 29.0 Å². The second-order valence-electron chi connectivity index (χ2n) is 8.44. The van der Waals surface area contributed by atoms with Crippen LogP contribution in [0.1, 0.15) is 42.5 Å². The molecule has 7 nitrogen and oxygen atoms in total. The molecule has 0 saturated heterocycles. The normalized spacial score (nSPS) is 13.4. The molecule has 5 rings (SSSR count). The van der Waals surface area contributed by atoms with Crippen LogP contribution in [0.15, 0.2) is 59.3 Å². The largest absolute Gasteiger partial charge is 0.508 e. The number of anilines is 1. The molecule has 0 radical (unpaired) electrons. The molecule has 1 aliphatic carbocycles. The lowest BCUT2D eigenvalue weighted by Crippen LogP contribution is -2.13. The van der Waals surface area contributed by atoms with Gasteiger partial charge in [0.15, 0.2) is 11.5 Å². The van der Waals surface area contributed by atoms with Crippen molar-refractivity contribution < 1.29 is 9.90 Å². The van der Waals surface area contributed by atoms with Crippen LogP contribution >= 0.6 is 15.9 Å². The first-order chi connectivity index (χ1) is 16.1. The van der Waals surface area contributed by atoms with Crippen molar-refractivity contribution in [3.05, 3.63) is 64.9 Å². The summed E-state index contributed by atoms with van der Waals surface area (Å²) in [7, 11) is 0. The van der Waals surface area contributed by atoms with Crippen LogP contribution in [0, 0.1) is 5.92 Å². The standard InChI is InChI=1S/C25H24BrN5O2/c26-21-14-20-23(29-25(33)18-5-3-12-27-15-18)30-31(13-2-1-4-16-6-7-16)24(20)28-22(21)17-8-10-19(32)11-9-17/h3,5,8-12,14-16,32H,1-2,4,6-7,13H2,(H,29,30,33). The van der Waals surface area contributed by atoms with Crippen molar-refractivity contribution in [3.63, 3.8) is 0 Å². The topological polar surface area (TPSA) is 92.9 Å². The van der Waals surface area contributed by atoms with Gasteiger partial charge in [-0.25, -0.2) is 9.67 Å². The fourth-order valence-electron chi connectivity index (χ4n) is 3.92. The number of carbonyl (C=O) groups is 1. The lowest BCUT2D eigenvalue weighted by atomic mass is 10.1. The van der Waals surface area contributed by atoms with E-state index in [1.165, 1.54) is 25.5 Å². The minimum Gasteiger partial charge on any atom is -0.508 e. The van der Waals surface area contributed by atoms with E-state index in [1.54, 1.807) is 30.5 Å². The molecule has 1 saturated carbocycles.